The molecule has 1 unspecified atom stereocenters. The van der Waals surface area contributed by atoms with Crippen LogP contribution in [0, 0.1) is 6.92 Å². The van der Waals surface area contributed by atoms with E-state index in [1.807, 2.05) is 0 Å². The number of alkyl halides is 2. The van der Waals surface area contributed by atoms with Crippen molar-refractivity contribution in [3.05, 3.63) is 41.7 Å². The third-order valence-electron chi connectivity index (χ3n) is 3.49. The van der Waals surface area contributed by atoms with E-state index in [2.05, 4.69) is 19.7 Å². The van der Waals surface area contributed by atoms with E-state index in [1.165, 1.54) is 13.2 Å². The number of halogens is 2. The van der Waals surface area contributed by atoms with Crippen molar-refractivity contribution in [2.75, 3.05) is 7.11 Å². The third kappa shape index (κ3) is 3.93. The molecule has 0 saturated heterocycles. The van der Waals surface area contributed by atoms with Gasteiger partial charge in [0, 0.05) is 18.3 Å². The first-order valence-corrected chi connectivity index (χ1v) is 8.60. The zero-order valence-electron chi connectivity index (χ0n) is 13.5. The van der Waals surface area contributed by atoms with Crippen LogP contribution in [0.4, 0.5) is 8.78 Å². The number of aromatic amines is 1. The number of nitrogens with one attached hydrogen (secondary N) is 1. The van der Waals surface area contributed by atoms with Gasteiger partial charge in [-0.3, -0.25) is 9.19 Å². The van der Waals surface area contributed by atoms with Gasteiger partial charge in [-0.25, -0.2) is 4.98 Å². The molecule has 2 aromatic heterocycles. The van der Waals surface area contributed by atoms with Crippen LogP contribution < -0.4 is 9.47 Å². The molecule has 0 fully saturated rings. The maximum atomic E-state index is 12.5. The lowest BCUT2D eigenvalue weighted by Crippen LogP contribution is -2.03. The van der Waals surface area contributed by atoms with Crippen LogP contribution in [0.5, 0.6) is 11.5 Å². The summed E-state index contributed by atoms with van der Waals surface area (Å²) in [5.74, 6) is 0.813. The summed E-state index contributed by atoms with van der Waals surface area (Å²) < 4.78 is 46.9. The molecule has 0 amide bonds. The zero-order chi connectivity index (χ0) is 18.0. The zero-order valence-corrected chi connectivity index (χ0v) is 14.3. The van der Waals surface area contributed by atoms with Crippen LogP contribution in [0.1, 0.15) is 11.3 Å². The molecular formula is C16H15F2N3O3S. The minimum Gasteiger partial charge on any atom is -0.497 e. The number of rotatable bonds is 6. The van der Waals surface area contributed by atoms with E-state index in [-0.39, 0.29) is 16.7 Å². The summed E-state index contributed by atoms with van der Waals surface area (Å²) in [6.45, 7) is -1.27. The van der Waals surface area contributed by atoms with Crippen molar-refractivity contribution >= 4 is 21.8 Å². The van der Waals surface area contributed by atoms with Crippen LogP contribution in [0.2, 0.25) is 0 Å². The van der Waals surface area contributed by atoms with Gasteiger partial charge in [0.15, 0.2) is 5.16 Å². The fourth-order valence-electron chi connectivity index (χ4n) is 2.32. The molecule has 3 aromatic rings. The van der Waals surface area contributed by atoms with Crippen molar-refractivity contribution in [1.29, 1.82) is 0 Å². The molecule has 0 aliphatic heterocycles. The fourth-order valence-corrected chi connectivity index (χ4v) is 3.31. The molecule has 132 valence electrons. The van der Waals surface area contributed by atoms with Crippen LogP contribution in [-0.2, 0) is 16.6 Å². The summed E-state index contributed by atoms with van der Waals surface area (Å²) in [6.07, 6.45) is 1.57. The lowest BCUT2D eigenvalue weighted by Gasteiger charge is -2.06. The lowest BCUT2D eigenvalue weighted by molar-refractivity contribution is -0.0502. The Morgan fingerprint density at radius 3 is 2.84 bits per heavy atom. The molecule has 1 N–H and O–H groups in total. The number of hydrogen-bond acceptors (Lipinski definition) is 5. The molecule has 0 bridgehead atoms. The van der Waals surface area contributed by atoms with Crippen molar-refractivity contribution in [2.24, 2.45) is 0 Å². The van der Waals surface area contributed by atoms with E-state index in [0.717, 1.165) is 0 Å². The third-order valence-corrected chi connectivity index (χ3v) is 4.67. The predicted molar refractivity (Wildman–Crippen MR) is 88.4 cm³/mol. The highest BCUT2D eigenvalue weighted by Crippen LogP contribution is 2.26. The Balaban J connectivity index is 1.86. The molecule has 3 rings (SSSR count). The first-order valence-electron chi connectivity index (χ1n) is 7.28. The first kappa shape index (κ1) is 17.3. The number of nitrogens with zero attached hydrogens (tertiary/aromatic N) is 2. The molecule has 9 heteroatoms. The molecule has 0 aliphatic rings. The van der Waals surface area contributed by atoms with E-state index in [4.69, 9.17) is 4.74 Å². The van der Waals surface area contributed by atoms with Gasteiger partial charge >= 0.3 is 6.61 Å². The van der Waals surface area contributed by atoms with Gasteiger partial charge < -0.3 is 14.5 Å². The number of methoxy groups -OCH3 is 1. The minimum atomic E-state index is -2.91. The summed E-state index contributed by atoms with van der Waals surface area (Å²) in [7, 11) is 0.0635. The van der Waals surface area contributed by atoms with Crippen LogP contribution in [0.3, 0.4) is 0 Å². The SMILES string of the molecule is COc1ccnc(CS(=O)c2nc3cc(OC(F)F)c(C)cc3[nH]2)c1. The average Bonchev–Trinajstić information content (AvgIpc) is 2.97. The van der Waals surface area contributed by atoms with Crippen LogP contribution in [0.15, 0.2) is 35.6 Å². The number of hydrogen-bond donors (Lipinski definition) is 1. The normalized spacial score (nSPS) is 12.5. The molecule has 25 heavy (non-hydrogen) atoms. The number of H-pyrrole nitrogens is 1. The van der Waals surface area contributed by atoms with Gasteiger partial charge in [-0.05, 0) is 24.6 Å². The highest BCUT2D eigenvalue weighted by Gasteiger charge is 2.15. The number of imidazole rings is 1. The van der Waals surface area contributed by atoms with Crippen LogP contribution in [0.25, 0.3) is 11.0 Å². The molecule has 1 aromatic carbocycles. The average molecular weight is 367 g/mol. The summed E-state index contributed by atoms with van der Waals surface area (Å²) in [5.41, 5.74) is 2.13. The lowest BCUT2D eigenvalue weighted by atomic mass is 10.2. The second-order valence-electron chi connectivity index (χ2n) is 5.23. The number of pyridine rings is 1. The molecule has 6 nitrogen and oxygen atoms in total. The van der Waals surface area contributed by atoms with Crippen molar-refractivity contribution in [2.45, 2.75) is 24.4 Å². The number of fused-ring (bicyclic) bond motifs is 1. The van der Waals surface area contributed by atoms with Gasteiger partial charge in [0.1, 0.15) is 11.5 Å². The highest BCUT2D eigenvalue weighted by atomic mass is 32.2. The molecule has 2 heterocycles. The van der Waals surface area contributed by atoms with Gasteiger partial charge in [-0.1, -0.05) is 0 Å². The Bertz CT molecular complexity index is 930. The van der Waals surface area contributed by atoms with Crippen molar-refractivity contribution < 1.29 is 22.5 Å². The summed E-state index contributed by atoms with van der Waals surface area (Å²) in [5, 5.41) is 0.244. The van der Waals surface area contributed by atoms with Crippen molar-refractivity contribution in [3.63, 3.8) is 0 Å². The van der Waals surface area contributed by atoms with E-state index >= 15 is 0 Å². The van der Waals surface area contributed by atoms with Gasteiger partial charge in [0.25, 0.3) is 0 Å². The quantitative estimate of drug-likeness (QED) is 0.724. The Kier molecular flexibility index (Phi) is 4.93. The Hall–Kier alpha value is -2.55. The van der Waals surface area contributed by atoms with E-state index in [9.17, 15) is 13.0 Å². The van der Waals surface area contributed by atoms with Gasteiger partial charge in [0.05, 0.1) is 40.4 Å². The second kappa shape index (κ2) is 7.14. The maximum Gasteiger partial charge on any atom is 0.387 e. The maximum absolute atomic E-state index is 12.5. The van der Waals surface area contributed by atoms with Crippen molar-refractivity contribution in [3.8, 4) is 11.5 Å². The monoisotopic (exact) mass is 367 g/mol. The highest BCUT2D eigenvalue weighted by molar-refractivity contribution is 7.84. The molecule has 1 atom stereocenters. The molecule has 0 radical (unpaired) electrons. The number of benzene rings is 1. The number of ether oxygens (including phenoxy) is 2. The van der Waals surface area contributed by atoms with E-state index < -0.39 is 17.4 Å². The molecule has 0 aliphatic carbocycles. The fraction of sp³-hybridized carbons (Fsp3) is 0.250. The number of aryl methyl sites for hydroxylation is 1. The standard InChI is InChI=1S/C16H15F2N3O3S/c1-9-5-12-13(7-14(9)24-15(17)18)21-16(20-12)25(22)8-10-6-11(23-2)3-4-19-10/h3-7,15H,8H2,1-2H3,(H,20,21). The molecular weight excluding hydrogens is 352 g/mol. The van der Waals surface area contributed by atoms with Crippen molar-refractivity contribution in [1.82, 2.24) is 15.0 Å². The Morgan fingerprint density at radius 2 is 2.12 bits per heavy atom. The van der Waals surface area contributed by atoms with Gasteiger partial charge in [-0.2, -0.15) is 8.78 Å². The van der Waals surface area contributed by atoms with Crippen LogP contribution >= 0.6 is 0 Å². The minimum absolute atomic E-state index is 0.0424. The van der Waals surface area contributed by atoms with Gasteiger partial charge in [0.2, 0.25) is 0 Å². The van der Waals surface area contributed by atoms with Crippen LogP contribution in [-0.4, -0.2) is 32.9 Å². The predicted octanol–water partition coefficient (Wildman–Crippen LogP) is 3.18. The Labute approximate surface area is 144 Å². The second-order valence-corrected chi connectivity index (χ2v) is 6.60. The first-order chi connectivity index (χ1) is 12.0. The van der Waals surface area contributed by atoms with E-state index in [0.29, 0.717) is 28.0 Å². The molecule has 0 saturated carbocycles. The summed E-state index contributed by atoms with van der Waals surface area (Å²) in [4.78, 5) is 11.3. The summed E-state index contributed by atoms with van der Waals surface area (Å²) in [6, 6.07) is 6.42. The smallest absolute Gasteiger partial charge is 0.387 e. The summed E-state index contributed by atoms with van der Waals surface area (Å²) >= 11 is 0. The largest absolute Gasteiger partial charge is 0.497 e. The topological polar surface area (TPSA) is 77.1 Å². The Morgan fingerprint density at radius 1 is 1.32 bits per heavy atom. The number of aromatic nitrogens is 3. The van der Waals surface area contributed by atoms with E-state index in [1.54, 1.807) is 31.3 Å². The molecule has 0 spiro atoms. The van der Waals surface area contributed by atoms with Gasteiger partial charge in [-0.15, -0.1) is 0 Å².